The molecule has 0 aliphatic heterocycles. The number of imidazole rings is 1. The second-order valence-electron chi connectivity index (χ2n) is 4.28. The second-order valence-corrected chi connectivity index (χ2v) is 4.28. The number of aromatic nitrogens is 3. The van der Waals surface area contributed by atoms with Crippen molar-refractivity contribution in [2.45, 2.75) is 13.8 Å². The lowest BCUT2D eigenvalue weighted by Crippen LogP contribution is -1.86. The number of aromatic amines is 1. The first-order valence-electron chi connectivity index (χ1n) is 5.62. The maximum atomic E-state index is 4.51. The summed E-state index contributed by atoms with van der Waals surface area (Å²) in [6.45, 7) is 4.19. The lowest BCUT2D eigenvalue weighted by atomic mass is 10.1. The number of pyridine rings is 1. The Morgan fingerprint density at radius 3 is 2.76 bits per heavy atom. The first-order valence-corrected chi connectivity index (χ1v) is 5.62. The van der Waals surface area contributed by atoms with E-state index in [1.807, 2.05) is 12.1 Å². The Bertz CT molecular complexity index is 650. The Morgan fingerprint density at radius 2 is 2.00 bits per heavy atom. The molecule has 2 aromatic heterocycles. The van der Waals surface area contributed by atoms with E-state index in [9.17, 15) is 0 Å². The molecule has 0 aliphatic rings. The van der Waals surface area contributed by atoms with Gasteiger partial charge in [-0.05, 0) is 31.5 Å². The molecule has 1 aromatic carbocycles. The Kier molecular flexibility index (Phi) is 2.18. The molecule has 3 heteroatoms. The van der Waals surface area contributed by atoms with Crippen molar-refractivity contribution in [2.24, 2.45) is 0 Å². The van der Waals surface area contributed by atoms with E-state index >= 15 is 0 Å². The average Bonchev–Trinajstić information content (AvgIpc) is 2.72. The van der Waals surface area contributed by atoms with E-state index < -0.39 is 0 Å². The molecular weight excluding hydrogens is 210 g/mol. The molecule has 0 unspecified atom stereocenters. The van der Waals surface area contributed by atoms with Gasteiger partial charge in [0.25, 0.3) is 0 Å². The first kappa shape index (κ1) is 10.0. The van der Waals surface area contributed by atoms with Gasteiger partial charge < -0.3 is 4.98 Å². The van der Waals surface area contributed by atoms with E-state index in [1.165, 1.54) is 11.1 Å². The van der Waals surface area contributed by atoms with E-state index in [-0.39, 0.29) is 0 Å². The van der Waals surface area contributed by atoms with Crippen molar-refractivity contribution in [3.63, 3.8) is 0 Å². The van der Waals surface area contributed by atoms with Gasteiger partial charge in [-0.1, -0.05) is 23.8 Å². The van der Waals surface area contributed by atoms with E-state index in [4.69, 9.17) is 0 Å². The molecule has 84 valence electrons. The molecule has 0 fully saturated rings. The zero-order valence-corrected chi connectivity index (χ0v) is 9.86. The molecule has 2 heterocycles. The summed E-state index contributed by atoms with van der Waals surface area (Å²) >= 11 is 0. The van der Waals surface area contributed by atoms with Crippen LogP contribution >= 0.6 is 0 Å². The molecule has 0 spiro atoms. The van der Waals surface area contributed by atoms with Crippen LogP contribution < -0.4 is 0 Å². The summed E-state index contributed by atoms with van der Waals surface area (Å²) < 4.78 is 0. The lowest BCUT2D eigenvalue weighted by Gasteiger charge is -2.02. The van der Waals surface area contributed by atoms with Crippen LogP contribution in [0.25, 0.3) is 22.6 Å². The molecule has 0 atom stereocenters. The Balaban J connectivity index is 2.20. The van der Waals surface area contributed by atoms with Crippen LogP contribution in [-0.4, -0.2) is 15.0 Å². The van der Waals surface area contributed by atoms with E-state index in [0.29, 0.717) is 0 Å². The molecule has 17 heavy (non-hydrogen) atoms. The molecule has 3 nitrogen and oxygen atoms in total. The van der Waals surface area contributed by atoms with Crippen molar-refractivity contribution in [3.8, 4) is 11.4 Å². The van der Waals surface area contributed by atoms with Crippen LogP contribution in [0.4, 0.5) is 0 Å². The van der Waals surface area contributed by atoms with Crippen molar-refractivity contribution in [1.29, 1.82) is 0 Å². The lowest BCUT2D eigenvalue weighted by molar-refractivity contribution is 1.27. The van der Waals surface area contributed by atoms with Crippen LogP contribution in [0.5, 0.6) is 0 Å². The van der Waals surface area contributed by atoms with Crippen LogP contribution in [0, 0.1) is 13.8 Å². The SMILES string of the molecule is Cc1ccc(-c2nc3ncccc3[nH]2)c(C)c1. The van der Waals surface area contributed by atoms with Gasteiger partial charge in [0.05, 0.1) is 5.52 Å². The van der Waals surface area contributed by atoms with Crippen molar-refractivity contribution < 1.29 is 0 Å². The molecule has 0 bridgehead atoms. The van der Waals surface area contributed by atoms with Gasteiger partial charge in [0, 0.05) is 11.8 Å². The van der Waals surface area contributed by atoms with Crippen molar-refractivity contribution in [1.82, 2.24) is 15.0 Å². The molecule has 0 saturated carbocycles. The number of nitrogens with zero attached hydrogens (tertiary/aromatic N) is 2. The van der Waals surface area contributed by atoms with Crippen molar-refractivity contribution in [2.75, 3.05) is 0 Å². The fourth-order valence-corrected chi connectivity index (χ4v) is 2.05. The molecule has 0 aliphatic carbocycles. The highest BCUT2D eigenvalue weighted by Gasteiger charge is 2.07. The molecule has 1 N–H and O–H groups in total. The minimum Gasteiger partial charge on any atom is -0.337 e. The summed E-state index contributed by atoms with van der Waals surface area (Å²) in [4.78, 5) is 12.0. The number of hydrogen-bond acceptors (Lipinski definition) is 2. The van der Waals surface area contributed by atoms with Gasteiger partial charge in [-0.15, -0.1) is 0 Å². The minimum atomic E-state index is 0.766. The smallest absolute Gasteiger partial charge is 0.178 e. The zero-order chi connectivity index (χ0) is 11.8. The monoisotopic (exact) mass is 223 g/mol. The number of aryl methyl sites for hydroxylation is 2. The fraction of sp³-hybridized carbons (Fsp3) is 0.143. The highest BCUT2D eigenvalue weighted by Crippen LogP contribution is 2.23. The van der Waals surface area contributed by atoms with Gasteiger partial charge >= 0.3 is 0 Å². The standard InChI is InChI=1S/C14H13N3/c1-9-5-6-11(10(2)8-9)13-16-12-4-3-7-15-14(12)17-13/h3-8H,1-2H3,(H,15,16,17). The fourth-order valence-electron chi connectivity index (χ4n) is 2.05. The van der Waals surface area contributed by atoms with Crippen LogP contribution in [-0.2, 0) is 0 Å². The van der Waals surface area contributed by atoms with Crippen LogP contribution in [0.2, 0.25) is 0 Å². The molecule has 0 amide bonds. The van der Waals surface area contributed by atoms with E-state index in [0.717, 1.165) is 22.6 Å². The highest BCUT2D eigenvalue weighted by molar-refractivity contribution is 5.76. The molecule has 3 aromatic rings. The van der Waals surface area contributed by atoms with Crippen LogP contribution in [0.1, 0.15) is 11.1 Å². The molecule has 0 radical (unpaired) electrons. The zero-order valence-electron chi connectivity index (χ0n) is 9.86. The Morgan fingerprint density at radius 1 is 1.12 bits per heavy atom. The number of benzene rings is 1. The summed E-state index contributed by atoms with van der Waals surface area (Å²) in [5, 5.41) is 0. The predicted octanol–water partition coefficient (Wildman–Crippen LogP) is 3.24. The quantitative estimate of drug-likeness (QED) is 0.688. The average molecular weight is 223 g/mol. The van der Waals surface area contributed by atoms with Gasteiger partial charge in [-0.2, -0.15) is 0 Å². The molecular formula is C14H13N3. The summed E-state index contributed by atoms with van der Waals surface area (Å²) in [6, 6.07) is 10.3. The number of nitrogens with one attached hydrogen (secondary N) is 1. The van der Waals surface area contributed by atoms with Gasteiger partial charge in [0.1, 0.15) is 5.82 Å². The maximum Gasteiger partial charge on any atom is 0.178 e. The van der Waals surface area contributed by atoms with Crippen molar-refractivity contribution >= 4 is 11.2 Å². The Hall–Kier alpha value is -2.16. The number of H-pyrrole nitrogens is 1. The number of hydrogen-bond donors (Lipinski definition) is 1. The third-order valence-electron chi connectivity index (χ3n) is 2.89. The third kappa shape index (κ3) is 1.69. The first-order chi connectivity index (χ1) is 8.24. The van der Waals surface area contributed by atoms with Gasteiger partial charge in [0.15, 0.2) is 5.65 Å². The molecule has 3 rings (SSSR count). The summed E-state index contributed by atoms with van der Waals surface area (Å²) in [6.07, 6.45) is 1.76. The maximum absolute atomic E-state index is 4.51. The summed E-state index contributed by atoms with van der Waals surface area (Å²) in [5.74, 6) is 0.885. The van der Waals surface area contributed by atoms with Gasteiger partial charge in [-0.25, -0.2) is 9.97 Å². The summed E-state index contributed by atoms with van der Waals surface area (Å²) in [5.41, 5.74) is 5.36. The Labute approximate surface area is 99.5 Å². The predicted molar refractivity (Wildman–Crippen MR) is 68.8 cm³/mol. The van der Waals surface area contributed by atoms with Crippen LogP contribution in [0.15, 0.2) is 36.5 Å². The van der Waals surface area contributed by atoms with E-state index in [1.54, 1.807) is 6.20 Å². The van der Waals surface area contributed by atoms with E-state index in [2.05, 4.69) is 47.0 Å². The minimum absolute atomic E-state index is 0.766. The van der Waals surface area contributed by atoms with Gasteiger partial charge in [-0.3, -0.25) is 0 Å². The number of fused-ring (bicyclic) bond motifs is 1. The number of rotatable bonds is 1. The third-order valence-corrected chi connectivity index (χ3v) is 2.89. The summed E-state index contributed by atoms with van der Waals surface area (Å²) in [7, 11) is 0. The van der Waals surface area contributed by atoms with Crippen molar-refractivity contribution in [3.05, 3.63) is 47.7 Å². The second kappa shape index (κ2) is 3.70. The van der Waals surface area contributed by atoms with Gasteiger partial charge in [0.2, 0.25) is 0 Å². The molecule has 0 saturated heterocycles. The topological polar surface area (TPSA) is 41.6 Å². The normalized spacial score (nSPS) is 10.9. The highest BCUT2D eigenvalue weighted by atomic mass is 15.0. The largest absolute Gasteiger partial charge is 0.337 e. The van der Waals surface area contributed by atoms with Crippen LogP contribution in [0.3, 0.4) is 0 Å².